The Kier molecular flexibility index (Phi) is 5.03. The third kappa shape index (κ3) is 2.98. The van der Waals surface area contributed by atoms with Crippen molar-refractivity contribution in [1.29, 1.82) is 0 Å². The number of aliphatic hydroxyl groups is 2. The normalized spacial score (nSPS) is 22.6. The molecule has 0 aromatic heterocycles. The van der Waals surface area contributed by atoms with Crippen molar-refractivity contribution in [1.82, 2.24) is 0 Å². The summed E-state index contributed by atoms with van der Waals surface area (Å²) in [5.74, 6) is -1.47. The number of fused-ring (bicyclic) bond motifs is 2. The quantitative estimate of drug-likeness (QED) is 0.459. The van der Waals surface area contributed by atoms with Crippen LogP contribution in [-0.4, -0.2) is 22.0 Å². The lowest BCUT2D eigenvalue weighted by molar-refractivity contribution is -0.184. The first kappa shape index (κ1) is 22.2. The minimum absolute atomic E-state index is 0.193. The summed E-state index contributed by atoms with van der Waals surface area (Å²) >= 11 is 0. The summed E-state index contributed by atoms with van der Waals surface area (Å²) in [4.78, 5) is 31.0. The molecule has 0 radical (unpaired) electrons. The zero-order valence-electron chi connectivity index (χ0n) is 19.4. The summed E-state index contributed by atoms with van der Waals surface area (Å²) in [5, 5.41) is 24.5. The van der Waals surface area contributed by atoms with E-state index in [0.29, 0.717) is 11.4 Å². The van der Waals surface area contributed by atoms with Crippen LogP contribution in [0.1, 0.15) is 22.3 Å². The number of hydrogen-bond donors (Lipinski definition) is 2. The van der Waals surface area contributed by atoms with Gasteiger partial charge in [0.25, 0.3) is 11.8 Å². The van der Waals surface area contributed by atoms with Gasteiger partial charge in [0.2, 0.25) is 11.2 Å². The second kappa shape index (κ2) is 8.16. The number of hydrogen-bond acceptors (Lipinski definition) is 4. The van der Waals surface area contributed by atoms with Crippen LogP contribution >= 0.6 is 0 Å². The molecule has 4 aromatic carbocycles. The highest BCUT2D eigenvalue weighted by Crippen LogP contribution is 2.56. The second-order valence-electron chi connectivity index (χ2n) is 9.21. The number of rotatable bonds is 5. The van der Waals surface area contributed by atoms with Crippen LogP contribution in [-0.2, 0) is 33.9 Å². The molecule has 0 aliphatic carbocycles. The zero-order chi connectivity index (χ0) is 24.9. The van der Waals surface area contributed by atoms with Gasteiger partial charge in [-0.15, -0.1) is 0 Å². The van der Waals surface area contributed by atoms with Gasteiger partial charge in [-0.2, -0.15) is 0 Å². The van der Waals surface area contributed by atoms with E-state index in [-0.39, 0.29) is 24.2 Å². The fourth-order valence-electron chi connectivity index (χ4n) is 5.41. The number of carbonyl (C=O) groups excluding carboxylic acids is 2. The molecule has 0 unspecified atom stereocenters. The Morgan fingerprint density at radius 3 is 1.22 bits per heavy atom. The molecule has 2 heterocycles. The van der Waals surface area contributed by atoms with Crippen LogP contribution in [0.15, 0.2) is 109 Å². The molecule has 0 fully saturated rings. The number of benzene rings is 4. The van der Waals surface area contributed by atoms with Crippen molar-refractivity contribution in [2.45, 2.75) is 24.3 Å². The molecule has 36 heavy (non-hydrogen) atoms. The summed E-state index contributed by atoms with van der Waals surface area (Å²) < 4.78 is 0. The number of para-hydroxylation sites is 2. The molecule has 6 rings (SSSR count). The van der Waals surface area contributed by atoms with Gasteiger partial charge in [-0.1, -0.05) is 97.1 Å². The molecular weight excluding hydrogens is 452 g/mol. The van der Waals surface area contributed by atoms with Crippen molar-refractivity contribution in [2.75, 3.05) is 9.80 Å². The first-order valence-corrected chi connectivity index (χ1v) is 11.8. The second-order valence-corrected chi connectivity index (χ2v) is 9.21. The van der Waals surface area contributed by atoms with Crippen molar-refractivity contribution in [3.05, 3.63) is 131 Å². The first-order chi connectivity index (χ1) is 17.5. The topological polar surface area (TPSA) is 81.1 Å². The highest BCUT2D eigenvalue weighted by molar-refractivity contribution is 6.16. The fraction of sp³-hybridized carbons (Fsp3) is 0.133. The van der Waals surface area contributed by atoms with E-state index in [0.717, 1.165) is 11.1 Å². The Morgan fingerprint density at radius 2 is 0.833 bits per heavy atom. The Hall–Kier alpha value is -4.26. The summed E-state index contributed by atoms with van der Waals surface area (Å²) in [6, 6.07) is 32.4. The number of nitrogens with zero attached hydrogens (tertiary/aromatic N) is 2. The SMILES string of the molecule is O=C1N(Cc2ccccc2)c2ccccc2[C@@]1(O)[C@]1(O)C(=O)N(Cc2ccccc2)c2ccccc21. The summed E-state index contributed by atoms with van der Waals surface area (Å²) in [6.45, 7) is 0.386. The van der Waals surface area contributed by atoms with Crippen molar-refractivity contribution in [3.63, 3.8) is 0 Å². The standard InChI is InChI=1S/C30H24N2O4/c33-27-29(35,23-15-7-9-17-25(23)31(27)19-21-11-3-1-4-12-21)30(36)24-16-8-10-18-26(24)32(28(30)34)20-22-13-5-2-6-14-22/h1-18,35-36H,19-20H2/t29-,30+. The molecule has 2 N–H and O–H groups in total. The minimum atomic E-state index is -2.50. The Balaban J connectivity index is 1.49. The lowest BCUT2D eigenvalue weighted by Crippen LogP contribution is -2.60. The van der Waals surface area contributed by atoms with E-state index in [9.17, 15) is 19.8 Å². The molecule has 2 aliphatic rings. The third-order valence-electron chi connectivity index (χ3n) is 7.17. The van der Waals surface area contributed by atoms with Crippen LogP contribution in [0, 0.1) is 0 Å². The highest BCUT2D eigenvalue weighted by atomic mass is 16.4. The van der Waals surface area contributed by atoms with Crippen LogP contribution < -0.4 is 9.80 Å². The average Bonchev–Trinajstić information content (AvgIpc) is 3.28. The van der Waals surface area contributed by atoms with Gasteiger partial charge in [-0.05, 0) is 23.3 Å². The van der Waals surface area contributed by atoms with Gasteiger partial charge < -0.3 is 20.0 Å². The molecule has 0 spiro atoms. The van der Waals surface area contributed by atoms with E-state index in [4.69, 9.17) is 0 Å². The molecule has 2 amide bonds. The van der Waals surface area contributed by atoms with Crippen LogP contribution in [0.25, 0.3) is 0 Å². The van der Waals surface area contributed by atoms with Gasteiger partial charge in [-0.25, -0.2) is 0 Å². The smallest absolute Gasteiger partial charge is 0.268 e. The molecule has 2 atom stereocenters. The summed E-state index contributed by atoms with van der Waals surface area (Å²) in [5.41, 5.74) is -1.94. The van der Waals surface area contributed by atoms with Crippen LogP contribution in [0.2, 0.25) is 0 Å². The predicted molar refractivity (Wildman–Crippen MR) is 136 cm³/mol. The molecular formula is C30H24N2O4. The van der Waals surface area contributed by atoms with Crippen molar-refractivity contribution in [2.24, 2.45) is 0 Å². The van der Waals surface area contributed by atoms with Crippen molar-refractivity contribution >= 4 is 23.2 Å². The van der Waals surface area contributed by atoms with Gasteiger partial charge in [0.1, 0.15) is 0 Å². The van der Waals surface area contributed by atoms with E-state index in [2.05, 4.69) is 0 Å². The van der Waals surface area contributed by atoms with E-state index in [1.165, 1.54) is 9.80 Å². The van der Waals surface area contributed by atoms with Crippen LogP contribution in [0.3, 0.4) is 0 Å². The molecule has 0 bridgehead atoms. The maximum absolute atomic E-state index is 14.0. The summed E-state index contributed by atoms with van der Waals surface area (Å²) in [6.07, 6.45) is 0. The largest absolute Gasteiger partial charge is 0.372 e. The average molecular weight is 477 g/mol. The van der Waals surface area contributed by atoms with Crippen LogP contribution in [0.5, 0.6) is 0 Å². The summed E-state index contributed by atoms with van der Waals surface area (Å²) in [7, 11) is 0. The van der Waals surface area contributed by atoms with E-state index < -0.39 is 23.0 Å². The fourth-order valence-corrected chi connectivity index (χ4v) is 5.41. The molecule has 4 aromatic rings. The Labute approximate surface area is 208 Å². The Morgan fingerprint density at radius 1 is 0.500 bits per heavy atom. The zero-order valence-corrected chi connectivity index (χ0v) is 19.4. The molecule has 6 nitrogen and oxygen atoms in total. The molecule has 0 saturated heterocycles. The van der Waals surface area contributed by atoms with Crippen LogP contribution in [0.4, 0.5) is 11.4 Å². The van der Waals surface area contributed by atoms with Crippen molar-refractivity contribution in [3.8, 4) is 0 Å². The number of anilines is 2. The minimum Gasteiger partial charge on any atom is -0.372 e. The van der Waals surface area contributed by atoms with Crippen molar-refractivity contribution < 1.29 is 19.8 Å². The van der Waals surface area contributed by atoms with Gasteiger partial charge in [0.15, 0.2) is 0 Å². The van der Waals surface area contributed by atoms with Gasteiger partial charge >= 0.3 is 0 Å². The Bertz CT molecular complexity index is 1360. The van der Waals surface area contributed by atoms with E-state index in [1.807, 2.05) is 60.7 Å². The van der Waals surface area contributed by atoms with Gasteiger partial charge in [-0.3, -0.25) is 9.59 Å². The van der Waals surface area contributed by atoms with E-state index in [1.54, 1.807) is 48.5 Å². The number of carbonyl (C=O) groups is 2. The van der Waals surface area contributed by atoms with E-state index >= 15 is 0 Å². The molecule has 178 valence electrons. The van der Waals surface area contributed by atoms with Gasteiger partial charge in [0, 0.05) is 11.1 Å². The maximum Gasteiger partial charge on any atom is 0.268 e. The van der Waals surface area contributed by atoms with Gasteiger partial charge in [0.05, 0.1) is 24.5 Å². The lowest BCUT2D eigenvalue weighted by Gasteiger charge is -2.36. The third-order valence-corrected chi connectivity index (χ3v) is 7.17. The highest BCUT2D eigenvalue weighted by Gasteiger charge is 2.70. The monoisotopic (exact) mass is 476 g/mol. The first-order valence-electron chi connectivity index (χ1n) is 11.8. The lowest BCUT2D eigenvalue weighted by atomic mass is 9.74. The molecule has 0 saturated carbocycles. The predicted octanol–water partition coefficient (Wildman–Crippen LogP) is 3.86. The molecule has 2 aliphatic heterocycles. The number of amides is 2. The maximum atomic E-state index is 14.0. The molecule has 6 heteroatoms.